The third-order valence-corrected chi connectivity index (χ3v) is 2.90. The van der Waals surface area contributed by atoms with Crippen LogP contribution in [-0.2, 0) is 0 Å². The molecule has 0 fully saturated rings. The molecule has 21 heavy (non-hydrogen) atoms. The number of nitrogens with one attached hydrogen (secondary N) is 1. The van der Waals surface area contributed by atoms with E-state index < -0.39 is 22.3 Å². The maximum atomic E-state index is 13.5. The molecule has 0 radical (unpaired) electrons. The van der Waals surface area contributed by atoms with E-state index in [0.717, 1.165) is 12.1 Å². The SMILES string of the molecule is Cc1cc(N)ccc1C(=O)Nc1ccc([N+](=O)[O-])c(F)c1. The van der Waals surface area contributed by atoms with Crippen LogP contribution in [-0.4, -0.2) is 10.8 Å². The Hall–Kier alpha value is -2.96. The van der Waals surface area contributed by atoms with Crippen LogP contribution in [0.2, 0.25) is 0 Å². The van der Waals surface area contributed by atoms with Gasteiger partial charge in [-0.05, 0) is 36.8 Å². The minimum atomic E-state index is -1.01. The van der Waals surface area contributed by atoms with Crippen molar-refractivity contribution in [3.63, 3.8) is 0 Å². The molecule has 6 nitrogen and oxygen atoms in total. The van der Waals surface area contributed by atoms with Gasteiger partial charge >= 0.3 is 5.69 Å². The Morgan fingerprint density at radius 3 is 2.57 bits per heavy atom. The molecule has 7 heteroatoms. The summed E-state index contributed by atoms with van der Waals surface area (Å²) in [4.78, 5) is 21.8. The molecule has 0 aromatic heterocycles. The molecule has 0 bridgehead atoms. The van der Waals surface area contributed by atoms with Gasteiger partial charge in [-0.3, -0.25) is 14.9 Å². The van der Waals surface area contributed by atoms with Crippen molar-refractivity contribution in [2.24, 2.45) is 0 Å². The molecule has 2 rings (SSSR count). The summed E-state index contributed by atoms with van der Waals surface area (Å²) < 4.78 is 13.5. The number of aryl methyl sites for hydroxylation is 1. The lowest BCUT2D eigenvalue weighted by Gasteiger charge is -2.08. The second-order valence-corrected chi connectivity index (χ2v) is 4.45. The van der Waals surface area contributed by atoms with Crippen LogP contribution in [0, 0.1) is 22.9 Å². The van der Waals surface area contributed by atoms with Crippen LogP contribution in [0.5, 0.6) is 0 Å². The Bertz CT molecular complexity index is 731. The van der Waals surface area contributed by atoms with E-state index in [1.165, 1.54) is 6.07 Å². The average Bonchev–Trinajstić information content (AvgIpc) is 2.37. The molecule has 2 aromatic rings. The Morgan fingerprint density at radius 1 is 1.29 bits per heavy atom. The summed E-state index contributed by atoms with van der Waals surface area (Å²) in [5.74, 6) is -1.45. The number of amides is 1. The van der Waals surface area contributed by atoms with Gasteiger partial charge in [0.25, 0.3) is 5.91 Å². The minimum Gasteiger partial charge on any atom is -0.399 e. The summed E-state index contributed by atoms with van der Waals surface area (Å²) in [5.41, 5.74) is 6.70. The molecule has 0 aliphatic rings. The number of rotatable bonds is 3. The van der Waals surface area contributed by atoms with Crippen molar-refractivity contribution >= 4 is 23.0 Å². The van der Waals surface area contributed by atoms with Crippen LogP contribution in [0.1, 0.15) is 15.9 Å². The summed E-state index contributed by atoms with van der Waals surface area (Å²) in [6, 6.07) is 7.96. The van der Waals surface area contributed by atoms with Crippen LogP contribution >= 0.6 is 0 Å². The fourth-order valence-electron chi connectivity index (χ4n) is 1.87. The number of nitro groups is 1. The first kappa shape index (κ1) is 14.4. The Kier molecular flexibility index (Phi) is 3.84. The molecule has 0 spiro atoms. The molecule has 108 valence electrons. The summed E-state index contributed by atoms with van der Waals surface area (Å²) >= 11 is 0. The highest BCUT2D eigenvalue weighted by molar-refractivity contribution is 6.05. The fourth-order valence-corrected chi connectivity index (χ4v) is 1.87. The van der Waals surface area contributed by atoms with Crippen molar-refractivity contribution in [2.75, 3.05) is 11.1 Å². The Balaban J connectivity index is 2.23. The van der Waals surface area contributed by atoms with Gasteiger partial charge < -0.3 is 11.1 Å². The van der Waals surface area contributed by atoms with Crippen LogP contribution in [0.3, 0.4) is 0 Å². The first-order chi connectivity index (χ1) is 9.88. The minimum absolute atomic E-state index is 0.138. The Morgan fingerprint density at radius 2 is 2.00 bits per heavy atom. The van der Waals surface area contributed by atoms with Crippen LogP contribution < -0.4 is 11.1 Å². The van der Waals surface area contributed by atoms with E-state index in [-0.39, 0.29) is 5.69 Å². The van der Waals surface area contributed by atoms with E-state index >= 15 is 0 Å². The average molecular weight is 289 g/mol. The standard InChI is InChI=1S/C14H12FN3O3/c1-8-6-9(16)2-4-11(8)14(19)17-10-3-5-13(18(20)21)12(15)7-10/h2-7H,16H2,1H3,(H,17,19). The van der Waals surface area contributed by atoms with Crippen molar-refractivity contribution in [3.05, 3.63) is 63.5 Å². The van der Waals surface area contributed by atoms with E-state index in [2.05, 4.69) is 5.32 Å². The molecule has 0 atom stereocenters. The topological polar surface area (TPSA) is 98.3 Å². The summed E-state index contributed by atoms with van der Waals surface area (Å²) in [6.07, 6.45) is 0. The normalized spacial score (nSPS) is 10.2. The number of carbonyl (C=O) groups excluding carboxylic acids is 1. The lowest BCUT2D eigenvalue weighted by atomic mass is 10.1. The van der Waals surface area contributed by atoms with Crippen molar-refractivity contribution in [1.82, 2.24) is 0 Å². The van der Waals surface area contributed by atoms with Gasteiger partial charge in [-0.25, -0.2) is 0 Å². The highest BCUT2D eigenvalue weighted by atomic mass is 19.1. The second kappa shape index (κ2) is 5.58. The number of anilines is 2. The number of carbonyl (C=O) groups is 1. The molecule has 1 amide bonds. The number of nitrogen functional groups attached to an aromatic ring is 1. The fraction of sp³-hybridized carbons (Fsp3) is 0.0714. The lowest BCUT2D eigenvalue weighted by Crippen LogP contribution is -2.13. The molecule has 0 heterocycles. The third-order valence-electron chi connectivity index (χ3n) is 2.90. The number of hydrogen-bond acceptors (Lipinski definition) is 4. The molecular formula is C14H12FN3O3. The molecule has 0 saturated heterocycles. The third kappa shape index (κ3) is 3.14. The Labute approximate surface area is 119 Å². The zero-order valence-corrected chi connectivity index (χ0v) is 11.1. The van der Waals surface area contributed by atoms with Gasteiger partial charge in [-0.1, -0.05) is 0 Å². The van der Waals surface area contributed by atoms with E-state index in [0.29, 0.717) is 16.8 Å². The van der Waals surface area contributed by atoms with Gasteiger partial charge in [0, 0.05) is 29.1 Å². The quantitative estimate of drug-likeness (QED) is 0.515. The van der Waals surface area contributed by atoms with Crippen LogP contribution in [0.15, 0.2) is 36.4 Å². The van der Waals surface area contributed by atoms with E-state index in [1.54, 1.807) is 25.1 Å². The largest absolute Gasteiger partial charge is 0.399 e. The first-order valence-electron chi connectivity index (χ1n) is 6.00. The van der Waals surface area contributed by atoms with E-state index in [9.17, 15) is 19.3 Å². The number of hydrogen-bond donors (Lipinski definition) is 2. The maximum absolute atomic E-state index is 13.5. The van der Waals surface area contributed by atoms with Gasteiger partial charge in [-0.2, -0.15) is 4.39 Å². The maximum Gasteiger partial charge on any atom is 0.304 e. The predicted octanol–water partition coefficient (Wildman–Crippen LogP) is 2.88. The first-order valence-corrected chi connectivity index (χ1v) is 6.00. The number of nitrogens with two attached hydrogens (primary N) is 1. The van der Waals surface area contributed by atoms with Crippen molar-refractivity contribution in [1.29, 1.82) is 0 Å². The summed E-state index contributed by atoms with van der Waals surface area (Å²) in [5, 5.41) is 13.0. The molecular weight excluding hydrogens is 277 g/mol. The zero-order chi connectivity index (χ0) is 15.6. The molecule has 0 aliphatic heterocycles. The predicted molar refractivity (Wildman–Crippen MR) is 76.6 cm³/mol. The van der Waals surface area contributed by atoms with E-state index in [4.69, 9.17) is 5.73 Å². The molecule has 3 N–H and O–H groups in total. The van der Waals surface area contributed by atoms with Crippen LogP contribution in [0.4, 0.5) is 21.5 Å². The van der Waals surface area contributed by atoms with E-state index in [1.807, 2.05) is 0 Å². The zero-order valence-electron chi connectivity index (χ0n) is 11.1. The van der Waals surface area contributed by atoms with Gasteiger partial charge in [0.15, 0.2) is 0 Å². The van der Waals surface area contributed by atoms with Crippen molar-refractivity contribution in [2.45, 2.75) is 6.92 Å². The highest BCUT2D eigenvalue weighted by Crippen LogP contribution is 2.22. The van der Waals surface area contributed by atoms with Crippen LogP contribution in [0.25, 0.3) is 0 Å². The monoisotopic (exact) mass is 289 g/mol. The number of nitrogens with zero attached hydrogens (tertiary/aromatic N) is 1. The highest BCUT2D eigenvalue weighted by Gasteiger charge is 2.15. The number of nitro benzene ring substituents is 1. The number of halogens is 1. The van der Waals surface area contributed by atoms with Crippen molar-refractivity contribution < 1.29 is 14.1 Å². The lowest BCUT2D eigenvalue weighted by molar-refractivity contribution is -0.387. The van der Waals surface area contributed by atoms with Gasteiger partial charge in [0.2, 0.25) is 5.82 Å². The molecule has 0 aliphatic carbocycles. The second-order valence-electron chi connectivity index (χ2n) is 4.45. The smallest absolute Gasteiger partial charge is 0.304 e. The van der Waals surface area contributed by atoms with Crippen molar-refractivity contribution in [3.8, 4) is 0 Å². The van der Waals surface area contributed by atoms with Gasteiger partial charge in [-0.15, -0.1) is 0 Å². The van der Waals surface area contributed by atoms with Gasteiger partial charge in [0.05, 0.1) is 4.92 Å². The number of benzene rings is 2. The molecule has 0 unspecified atom stereocenters. The summed E-state index contributed by atoms with van der Waals surface area (Å²) in [6.45, 7) is 1.72. The van der Waals surface area contributed by atoms with Gasteiger partial charge in [0.1, 0.15) is 0 Å². The molecule has 0 saturated carbocycles. The summed E-state index contributed by atoms with van der Waals surface area (Å²) in [7, 11) is 0. The molecule has 2 aromatic carbocycles.